The van der Waals surface area contributed by atoms with Gasteiger partial charge < -0.3 is 19.9 Å². The zero-order chi connectivity index (χ0) is 30.2. The van der Waals surface area contributed by atoms with E-state index in [9.17, 15) is 13.9 Å². The third-order valence-electron chi connectivity index (χ3n) is 9.85. The first kappa shape index (κ1) is 27.3. The average Bonchev–Trinajstić information content (AvgIpc) is 3.43. The molecule has 2 aromatic carbocycles. The topological polar surface area (TPSA) is 92.6 Å². The summed E-state index contributed by atoms with van der Waals surface area (Å²) in [5, 5.41) is 14.9. The van der Waals surface area contributed by atoms with Gasteiger partial charge in [-0.15, -0.1) is 6.42 Å². The molecule has 3 atom stereocenters. The lowest BCUT2D eigenvalue weighted by molar-refractivity contribution is 0.107. The monoisotopic (exact) mass is 601 g/mol. The highest BCUT2D eigenvalue weighted by molar-refractivity contribution is 6.04. The van der Waals surface area contributed by atoms with E-state index in [-0.39, 0.29) is 70.0 Å². The molecule has 1 unspecified atom stereocenters. The van der Waals surface area contributed by atoms with Crippen LogP contribution in [0, 0.1) is 29.9 Å². The summed E-state index contributed by atoms with van der Waals surface area (Å²) in [6.07, 6.45) is 10.1. The fourth-order valence-electron chi connectivity index (χ4n) is 7.45. The van der Waals surface area contributed by atoms with Crippen LogP contribution in [0.25, 0.3) is 32.9 Å². The van der Waals surface area contributed by atoms with Crippen molar-refractivity contribution in [3.05, 3.63) is 41.5 Å². The van der Waals surface area contributed by atoms with Crippen LogP contribution in [-0.4, -0.2) is 69.0 Å². The molecule has 0 radical (unpaired) electrons. The van der Waals surface area contributed by atoms with Crippen LogP contribution in [0.3, 0.4) is 0 Å². The van der Waals surface area contributed by atoms with Crippen LogP contribution in [0.5, 0.6) is 17.6 Å². The lowest BCUT2D eigenvalue weighted by atomic mass is 9.80. The summed E-state index contributed by atoms with van der Waals surface area (Å²) in [6.45, 7) is 1.63. The Morgan fingerprint density at radius 3 is 2.82 bits per heavy atom. The fourth-order valence-corrected chi connectivity index (χ4v) is 7.45. The summed E-state index contributed by atoms with van der Waals surface area (Å²) >= 11 is 0. The Labute approximate surface area is 251 Å². The van der Waals surface area contributed by atoms with Crippen molar-refractivity contribution >= 4 is 27.5 Å². The first-order chi connectivity index (χ1) is 21.3. The summed E-state index contributed by atoms with van der Waals surface area (Å²) in [7, 11) is 0. The molecule has 2 aromatic heterocycles. The maximum absolute atomic E-state index is 16.7. The molecule has 4 aromatic rings. The SMILES string of the molecule is C#Cc1c(F)ccc2cc(O)cc(-c3nc4c5c(nc(OCC67CCCN6C[C@H](F)C7)nc5c3F)N[C@@H](C3CCC3)CO4)c12. The highest BCUT2D eigenvalue weighted by atomic mass is 19.1. The number of terminal acetylenes is 1. The lowest BCUT2D eigenvalue weighted by Gasteiger charge is -2.33. The average molecular weight is 602 g/mol. The van der Waals surface area contributed by atoms with Gasteiger partial charge in [0.05, 0.1) is 17.1 Å². The molecule has 3 aliphatic heterocycles. The van der Waals surface area contributed by atoms with E-state index in [0.717, 1.165) is 38.6 Å². The number of pyridine rings is 1. The minimum absolute atomic E-state index is 0.0454. The molecule has 44 heavy (non-hydrogen) atoms. The summed E-state index contributed by atoms with van der Waals surface area (Å²) < 4.78 is 58.4. The van der Waals surface area contributed by atoms with Gasteiger partial charge in [-0.25, -0.2) is 18.2 Å². The van der Waals surface area contributed by atoms with Crippen LogP contribution in [-0.2, 0) is 0 Å². The molecule has 0 amide bonds. The Morgan fingerprint density at radius 1 is 1.16 bits per heavy atom. The van der Waals surface area contributed by atoms with Crippen LogP contribution in [0.4, 0.5) is 19.0 Å². The molecule has 4 aliphatic rings. The van der Waals surface area contributed by atoms with E-state index >= 15 is 4.39 Å². The van der Waals surface area contributed by atoms with Crippen LogP contribution >= 0.6 is 0 Å². The predicted molar refractivity (Wildman–Crippen MR) is 159 cm³/mol. The maximum atomic E-state index is 16.7. The molecule has 8 nitrogen and oxygen atoms in total. The number of anilines is 1. The molecule has 0 spiro atoms. The first-order valence-electron chi connectivity index (χ1n) is 15.1. The van der Waals surface area contributed by atoms with Crippen molar-refractivity contribution in [3.8, 4) is 41.2 Å². The standard InChI is InChI=1S/C33H30F3N5O3/c1-2-21-23(35)8-7-18-11-20(42)12-22(25(18)21)28-27(36)29-26-30(37-24(17-5-3-6-17)15-43-31(26)38-28)40-32(39-29)44-16-33-9-4-10-41(33)14-19(34)13-33/h1,7-8,11-12,17,19,24,42H,3-6,9-10,13-16H2,(H,37,39,40)/t19-,24-,33?/m1/s1. The minimum atomic E-state index is -0.924. The van der Waals surface area contributed by atoms with Crippen molar-refractivity contribution < 1.29 is 27.8 Å². The van der Waals surface area contributed by atoms with Crippen molar-refractivity contribution in [1.82, 2.24) is 19.9 Å². The Bertz CT molecular complexity index is 1880. The second-order valence-electron chi connectivity index (χ2n) is 12.4. The van der Waals surface area contributed by atoms with E-state index < -0.39 is 23.3 Å². The number of phenols is 1. The van der Waals surface area contributed by atoms with Gasteiger partial charge in [-0.1, -0.05) is 18.4 Å². The van der Waals surface area contributed by atoms with E-state index in [1.165, 1.54) is 24.3 Å². The molecule has 5 heterocycles. The molecular weight excluding hydrogens is 571 g/mol. The normalized spacial score (nSPS) is 24.8. The van der Waals surface area contributed by atoms with Gasteiger partial charge in [0.15, 0.2) is 5.82 Å². The molecule has 3 fully saturated rings. The molecular formula is C33H30F3N5O3. The van der Waals surface area contributed by atoms with E-state index in [4.69, 9.17) is 15.9 Å². The zero-order valence-electron chi connectivity index (χ0n) is 23.9. The minimum Gasteiger partial charge on any atom is -0.508 e. The molecule has 1 aliphatic carbocycles. The fraction of sp³-hybridized carbons (Fsp3) is 0.424. The van der Waals surface area contributed by atoms with E-state index in [2.05, 4.69) is 31.1 Å². The smallest absolute Gasteiger partial charge is 0.319 e. The number of nitrogens with one attached hydrogen (secondary N) is 1. The highest BCUT2D eigenvalue weighted by Crippen LogP contribution is 2.44. The Morgan fingerprint density at radius 2 is 2.02 bits per heavy atom. The van der Waals surface area contributed by atoms with E-state index in [1.54, 1.807) is 0 Å². The van der Waals surface area contributed by atoms with Crippen molar-refractivity contribution in [2.45, 2.75) is 56.3 Å². The lowest BCUT2D eigenvalue weighted by Crippen LogP contribution is -2.43. The zero-order valence-corrected chi connectivity index (χ0v) is 23.9. The maximum Gasteiger partial charge on any atom is 0.319 e. The quantitative estimate of drug-likeness (QED) is 0.280. The van der Waals surface area contributed by atoms with Gasteiger partial charge in [-0.2, -0.15) is 9.97 Å². The Kier molecular flexibility index (Phi) is 6.27. The number of phenolic OH excluding ortho intramolecular Hbond substituents is 1. The molecule has 2 saturated heterocycles. The molecule has 2 N–H and O–H groups in total. The highest BCUT2D eigenvalue weighted by Gasteiger charge is 2.49. The van der Waals surface area contributed by atoms with Crippen LogP contribution in [0.1, 0.15) is 44.1 Å². The number of halogens is 3. The number of hydrogen-bond acceptors (Lipinski definition) is 8. The van der Waals surface area contributed by atoms with Gasteiger partial charge in [0.2, 0.25) is 5.88 Å². The molecule has 8 rings (SSSR count). The van der Waals surface area contributed by atoms with Gasteiger partial charge in [-0.05, 0) is 61.7 Å². The second-order valence-corrected chi connectivity index (χ2v) is 12.4. The van der Waals surface area contributed by atoms with Gasteiger partial charge in [-0.3, -0.25) is 4.90 Å². The molecule has 11 heteroatoms. The van der Waals surface area contributed by atoms with Gasteiger partial charge in [0, 0.05) is 23.9 Å². The number of rotatable bonds is 5. The summed E-state index contributed by atoms with van der Waals surface area (Å²) in [5.41, 5.74) is -0.724. The number of aromatic hydroxyl groups is 1. The van der Waals surface area contributed by atoms with Crippen molar-refractivity contribution in [2.75, 3.05) is 31.6 Å². The van der Waals surface area contributed by atoms with Crippen LogP contribution in [0.2, 0.25) is 0 Å². The van der Waals surface area contributed by atoms with Crippen molar-refractivity contribution in [3.63, 3.8) is 0 Å². The largest absolute Gasteiger partial charge is 0.508 e. The Hall–Kier alpha value is -4.30. The number of ether oxygens (including phenoxy) is 2. The summed E-state index contributed by atoms with van der Waals surface area (Å²) in [6, 6.07) is 5.27. The number of alkyl halides is 1. The third kappa shape index (κ3) is 4.22. The van der Waals surface area contributed by atoms with E-state index in [1.807, 2.05) is 0 Å². The summed E-state index contributed by atoms with van der Waals surface area (Å²) in [4.78, 5) is 15.9. The third-order valence-corrected chi connectivity index (χ3v) is 9.85. The van der Waals surface area contributed by atoms with Crippen LogP contribution in [0.15, 0.2) is 24.3 Å². The second kappa shape index (κ2) is 10.1. The molecule has 226 valence electrons. The van der Waals surface area contributed by atoms with Crippen molar-refractivity contribution in [1.29, 1.82) is 0 Å². The molecule has 0 bridgehead atoms. The number of hydrogen-bond donors (Lipinski definition) is 2. The summed E-state index contributed by atoms with van der Waals surface area (Å²) in [5.74, 6) is 1.52. The van der Waals surface area contributed by atoms with Crippen LogP contribution < -0.4 is 14.8 Å². The predicted octanol–water partition coefficient (Wildman–Crippen LogP) is 5.74. The van der Waals surface area contributed by atoms with Gasteiger partial charge in [0.25, 0.3) is 0 Å². The number of benzene rings is 2. The molecule has 1 saturated carbocycles. The van der Waals surface area contributed by atoms with E-state index in [0.29, 0.717) is 30.1 Å². The first-order valence-corrected chi connectivity index (χ1v) is 15.1. The number of aromatic nitrogens is 3. The Balaban J connectivity index is 1.30. The number of nitrogens with zero attached hydrogens (tertiary/aromatic N) is 4. The number of fused-ring (bicyclic) bond motifs is 2. The van der Waals surface area contributed by atoms with Gasteiger partial charge in [0.1, 0.15) is 53.4 Å². The van der Waals surface area contributed by atoms with Crippen molar-refractivity contribution in [2.24, 2.45) is 5.92 Å². The van der Waals surface area contributed by atoms with Gasteiger partial charge >= 0.3 is 6.01 Å².